The summed E-state index contributed by atoms with van der Waals surface area (Å²) in [6.07, 6.45) is -0.761. The summed E-state index contributed by atoms with van der Waals surface area (Å²) in [6.45, 7) is 1.90. The van der Waals surface area contributed by atoms with Crippen molar-refractivity contribution in [1.29, 1.82) is 0 Å². The molecule has 3 rings (SSSR count). The van der Waals surface area contributed by atoms with Gasteiger partial charge in [-0.15, -0.1) is 0 Å². The van der Waals surface area contributed by atoms with Crippen LogP contribution in [0.2, 0.25) is 0 Å². The van der Waals surface area contributed by atoms with Crippen molar-refractivity contribution in [2.45, 2.75) is 44.2 Å². The molecule has 6 heteroatoms. The zero-order chi connectivity index (χ0) is 15.5. The van der Waals surface area contributed by atoms with Gasteiger partial charge in [0, 0.05) is 26.0 Å². The Kier molecular flexibility index (Phi) is 4.73. The molecule has 0 aliphatic carbocycles. The summed E-state index contributed by atoms with van der Waals surface area (Å²) >= 11 is 0. The molecule has 2 saturated heterocycles. The van der Waals surface area contributed by atoms with E-state index in [2.05, 4.69) is 5.32 Å². The van der Waals surface area contributed by atoms with Gasteiger partial charge in [-0.1, -0.05) is 30.3 Å². The number of amides is 1. The second-order valence-electron chi connectivity index (χ2n) is 5.56. The van der Waals surface area contributed by atoms with Crippen LogP contribution in [0.25, 0.3) is 0 Å². The molecule has 1 amide bonds. The van der Waals surface area contributed by atoms with Crippen LogP contribution in [0.5, 0.6) is 0 Å². The Bertz CT molecular complexity index is 509. The molecule has 120 valence electrons. The monoisotopic (exact) mass is 307 g/mol. The smallest absolute Gasteiger partial charge is 0.217 e. The molecule has 6 nitrogen and oxygen atoms in total. The Balaban J connectivity index is 1.75. The first-order valence-electron chi connectivity index (χ1n) is 7.44. The lowest BCUT2D eigenvalue weighted by Crippen LogP contribution is -2.60. The second kappa shape index (κ2) is 6.75. The van der Waals surface area contributed by atoms with Crippen molar-refractivity contribution < 1.29 is 23.7 Å². The number of carbonyl (C=O) groups is 1. The maximum absolute atomic E-state index is 11.5. The van der Waals surface area contributed by atoms with Crippen LogP contribution in [0.4, 0.5) is 0 Å². The zero-order valence-electron chi connectivity index (χ0n) is 12.7. The molecule has 2 fully saturated rings. The van der Waals surface area contributed by atoms with Crippen LogP contribution < -0.4 is 5.32 Å². The SMILES string of the molecule is CO[C@H]1C[C@H](NC(C)=O)[C@H]2O[C@H](c3ccccc3)OC[C@@H]2O1. The van der Waals surface area contributed by atoms with Crippen LogP contribution in [0.3, 0.4) is 0 Å². The topological polar surface area (TPSA) is 66.0 Å². The van der Waals surface area contributed by atoms with E-state index in [1.807, 2.05) is 30.3 Å². The fraction of sp³-hybridized carbons (Fsp3) is 0.562. The molecule has 0 spiro atoms. The third-order valence-corrected chi connectivity index (χ3v) is 3.95. The van der Waals surface area contributed by atoms with Gasteiger partial charge in [0.05, 0.1) is 12.6 Å². The molecule has 2 heterocycles. The highest BCUT2D eigenvalue weighted by atomic mass is 16.7. The van der Waals surface area contributed by atoms with Gasteiger partial charge in [-0.05, 0) is 0 Å². The zero-order valence-corrected chi connectivity index (χ0v) is 12.7. The number of benzene rings is 1. The normalized spacial score (nSPS) is 34.7. The Labute approximate surface area is 129 Å². The Morgan fingerprint density at radius 2 is 2.05 bits per heavy atom. The van der Waals surface area contributed by atoms with E-state index in [-0.39, 0.29) is 30.4 Å². The fourth-order valence-corrected chi connectivity index (χ4v) is 2.95. The fourth-order valence-electron chi connectivity index (χ4n) is 2.95. The molecule has 5 atom stereocenters. The van der Waals surface area contributed by atoms with Crippen molar-refractivity contribution in [2.75, 3.05) is 13.7 Å². The van der Waals surface area contributed by atoms with Crippen LogP contribution in [-0.4, -0.2) is 44.2 Å². The summed E-state index contributed by atoms with van der Waals surface area (Å²) in [5.41, 5.74) is 0.955. The van der Waals surface area contributed by atoms with Crippen molar-refractivity contribution in [1.82, 2.24) is 5.32 Å². The van der Waals surface area contributed by atoms with Gasteiger partial charge in [0.2, 0.25) is 5.91 Å². The highest BCUT2D eigenvalue weighted by Gasteiger charge is 2.44. The quantitative estimate of drug-likeness (QED) is 0.913. The number of rotatable bonds is 3. The number of fused-ring (bicyclic) bond motifs is 1. The molecule has 1 N–H and O–H groups in total. The first kappa shape index (κ1) is 15.4. The molecule has 22 heavy (non-hydrogen) atoms. The molecular weight excluding hydrogens is 286 g/mol. The Morgan fingerprint density at radius 3 is 2.73 bits per heavy atom. The molecule has 0 radical (unpaired) electrons. The lowest BCUT2D eigenvalue weighted by atomic mass is 9.97. The number of hydrogen-bond donors (Lipinski definition) is 1. The van der Waals surface area contributed by atoms with E-state index in [9.17, 15) is 4.79 Å². The van der Waals surface area contributed by atoms with Gasteiger partial charge in [-0.3, -0.25) is 4.79 Å². The molecule has 1 aromatic rings. The van der Waals surface area contributed by atoms with E-state index in [1.165, 1.54) is 6.92 Å². The largest absolute Gasteiger partial charge is 0.356 e. The first-order chi connectivity index (χ1) is 10.7. The molecule has 0 bridgehead atoms. The highest BCUT2D eigenvalue weighted by Crippen LogP contribution is 2.33. The van der Waals surface area contributed by atoms with Gasteiger partial charge >= 0.3 is 0 Å². The van der Waals surface area contributed by atoms with Crippen LogP contribution >= 0.6 is 0 Å². The minimum Gasteiger partial charge on any atom is -0.356 e. The first-order valence-corrected chi connectivity index (χ1v) is 7.44. The number of hydrogen-bond acceptors (Lipinski definition) is 5. The van der Waals surface area contributed by atoms with Gasteiger partial charge < -0.3 is 24.3 Å². The van der Waals surface area contributed by atoms with Gasteiger partial charge in [0.15, 0.2) is 12.6 Å². The van der Waals surface area contributed by atoms with E-state index < -0.39 is 6.29 Å². The number of methoxy groups -OCH3 is 1. The summed E-state index contributed by atoms with van der Waals surface area (Å²) < 4.78 is 22.9. The third kappa shape index (κ3) is 3.30. The maximum Gasteiger partial charge on any atom is 0.217 e. The van der Waals surface area contributed by atoms with Crippen molar-refractivity contribution >= 4 is 5.91 Å². The molecule has 0 saturated carbocycles. The minimum atomic E-state index is -0.443. The van der Waals surface area contributed by atoms with Crippen LogP contribution in [0.15, 0.2) is 30.3 Å². The molecule has 0 aromatic heterocycles. The summed E-state index contributed by atoms with van der Waals surface area (Å²) in [4.78, 5) is 11.5. The molecular formula is C16H21NO5. The summed E-state index contributed by atoms with van der Waals surface area (Å²) in [6, 6.07) is 9.59. The van der Waals surface area contributed by atoms with Gasteiger partial charge in [0.25, 0.3) is 0 Å². The summed E-state index contributed by atoms with van der Waals surface area (Å²) in [7, 11) is 1.59. The van der Waals surface area contributed by atoms with Crippen molar-refractivity contribution in [3.63, 3.8) is 0 Å². The molecule has 2 aliphatic rings. The number of carbonyl (C=O) groups excluding carboxylic acids is 1. The van der Waals surface area contributed by atoms with Crippen molar-refractivity contribution in [3.05, 3.63) is 35.9 Å². The van der Waals surface area contributed by atoms with Gasteiger partial charge in [-0.2, -0.15) is 0 Å². The van der Waals surface area contributed by atoms with Crippen molar-refractivity contribution in [3.8, 4) is 0 Å². The lowest BCUT2D eigenvalue weighted by molar-refractivity contribution is -0.319. The predicted octanol–water partition coefficient (Wildman–Crippen LogP) is 1.37. The highest BCUT2D eigenvalue weighted by molar-refractivity contribution is 5.73. The van der Waals surface area contributed by atoms with E-state index >= 15 is 0 Å². The molecule has 2 aliphatic heterocycles. The standard InChI is InChI=1S/C16H21NO5/c1-10(18)17-12-8-14(19-2)21-13-9-20-16(22-15(12)13)11-6-4-3-5-7-11/h3-7,12-16H,8-9H2,1-2H3,(H,17,18)/t12-,13-,14+,15+,16+/m0/s1. The predicted molar refractivity (Wildman–Crippen MR) is 77.9 cm³/mol. The molecule has 1 aromatic carbocycles. The second-order valence-corrected chi connectivity index (χ2v) is 5.56. The number of nitrogens with one attached hydrogen (secondary N) is 1. The average molecular weight is 307 g/mol. The van der Waals surface area contributed by atoms with Gasteiger partial charge in [-0.25, -0.2) is 0 Å². The van der Waals surface area contributed by atoms with Crippen molar-refractivity contribution in [2.24, 2.45) is 0 Å². The van der Waals surface area contributed by atoms with Crippen LogP contribution in [-0.2, 0) is 23.7 Å². The maximum atomic E-state index is 11.5. The van der Waals surface area contributed by atoms with E-state index in [0.717, 1.165) is 5.56 Å². The van der Waals surface area contributed by atoms with Crippen LogP contribution in [0.1, 0.15) is 25.2 Å². The Morgan fingerprint density at radius 1 is 1.27 bits per heavy atom. The van der Waals surface area contributed by atoms with Gasteiger partial charge in [0.1, 0.15) is 12.2 Å². The third-order valence-electron chi connectivity index (χ3n) is 3.95. The number of ether oxygens (including phenoxy) is 4. The molecule has 0 unspecified atom stereocenters. The minimum absolute atomic E-state index is 0.0909. The lowest BCUT2D eigenvalue weighted by Gasteiger charge is -2.45. The van der Waals surface area contributed by atoms with E-state index in [0.29, 0.717) is 13.0 Å². The van der Waals surface area contributed by atoms with Crippen LogP contribution in [0, 0.1) is 0 Å². The average Bonchev–Trinajstić information content (AvgIpc) is 2.54. The summed E-state index contributed by atoms with van der Waals surface area (Å²) in [5, 5.41) is 2.94. The van der Waals surface area contributed by atoms with E-state index in [4.69, 9.17) is 18.9 Å². The summed E-state index contributed by atoms with van der Waals surface area (Å²) in [5.74, 6) is -0.0909. The Hall–Kier alpha value is -1.47. The van der Waals surface area contributed by atoms with E-state index in [1.54, 1.807) is 7.11 Å².